The lowest BCUT2D eigenvalue weighted by Crippen LogP contribution is -2.42. The van der Waals surface area contributed by atoms with Gasteiger partial charge >= 0.3 is 0 Å². The van der Waals surface area contributed by atoms with Crippen molar-refractivity contribution in [1.29, 1.82) is 0 Å². The molecule has 0 N–H and O–H groups in total. The largest absolute Gasteiger partial charge is 0.303 e. The molecule has 1 heterocycles. The van der Waals surface area contributed by atoms with Gasteiger partial charge in [0, 0.05) is 26.7 Å². The van der Waals surface area contributed by atoms with E-state index in [1.165, 1.54) is 6.07 Å². The van der Waals surface area contributed by atoms with Gasteiger partial charge in [0.15, 0.2) is 0 Å². The number of likely N-dealkylation sites (tertiary alicyclic amines) is 1. The van der Waals surface area contributed by atoms with Gasteiger partial charge in [0.2, 0.25) is 10.0 Å². The fourth-order valence-corrected chi connectivity index (χ4v) is 5.23. The molecule has 1 saturated carbocycles. The number of benzene rings is 1. The summed E-state index contributed by atoms with van der Waals surface area (Å²) in [5, 5.41) is -0.136. The lowest BCUT2D eigenvalue weighted by atomic mass is 9.97. The van der Waals surface area contributed by atoms with Gasteiger partial charge in [-0.3, -0.25) is 0 Å². The molecule has 1 aromatic carbocycles. The van der Waals surface area contributed by atoms with Crippen LogP contribution in [0, 0.1) is 11.7 Å². The van der Waals surface area contributed by atoms with Crippen molar-refractivity contribution in [2.75, 3.05) is 33.2 Å². The zero-order valence-corrected chi connectivity index (χ0v) is 15.1. The van der Waals surface area contributed by atoms with Crippen LogP contribution in [-0.2, 0) is 16.4 Å². The van der Waals surface area contributed by atoms with E-state index in [2.05, 4.69) is 4.90 Å². The van der Waals surface area contributed by atoms with Crippen molar-refractivity contribution in [3.63, 3.8) is 0 Å². The zero-order chi connectivity index (χ0) is 17.2. The smallest absolute Gasteiger partial charge is 0.216 e. The molecule has 4 nitrogen and oxygen atoms in total. The maximum absolute atomic E-state index is 13.7. The van der Waals surface area contributed by atoms with E-state index in [-0.39, 0.29) is 11.1 Å². The molecule has 3 rings (SSSR count). The minimum atomic E-state index is -3.08. The second-order valence-corrected chi connectivity index (χ2v) is 9.50. The van der Waals surface area contributed by atoms with E-state index in [1.54, 1.807) is 17.4 Å². The van der Waals surface area contributed by atoms with Crippen molar-refractivity contribution in [2.45, 2.75) is 37.4 Å². The van der Waals surface area contributed by atoms with Gasteiger partial charge < -0.3 is 4.90 Å². The van der Waals surface area contributed by atoms with E-state index in [1.807, 2.05) is 12.1 Å². The molecule has 0 unspecified atom stereocenters. The van der Waals surface area contributed by atoms with Crippen LogP contribution >= 0.6 is 0 Å². The molecule has 0 amide bonds. The van der Waals surface area contributed by atoms with Crippen LogP contribution < -0.4 is 0 Å². The number of halogens is 1. The molecule has 24 heavy (non-hydrogen) atoms. The topological polar surface area (TPSA) is 40.6 Å². The molecule has 1 saturated heterocycles. The van der Waals surface area contributed by atoms with Gasteiger partial charge in [0.05, 0.1) is 5.25 Å². The molecule has 0 spiro atoms. The first kappa shape index (κ1) is 17.8. The van der Waals surface area contributed by atoms with Gasteiger partial charge in [-0.25, -0.2) is 17.1 Å². The number of sulfonamides is 1. The average molecular weight is 354 g/mol. The molecule has 0 aromatic heterocycles. The van der Waals surface area contributed by atoms with Crippen molar-refractivity contribution in [1.82, 2.24) is 9.21 Å². The first-order valence-corrected chi connectivity index (χ1v) is 10.4. The van der Waals surface area contributed by atoms with Gasteiger partial charge in [-0.05, 0) is 56.2 Å². The Morgan fingerprint density at radius 3 is 2.71 bits per heavy atom. The second kappa shape index (κ2) is 7.50. The molecular weight excluding hydrogens is 327 g/mol. The normalized spacial score (nSPS) is 22.9. The third-order valence-corrected chi connectivity index (χ3v) is 7.49. The maximum atomic E-state index is 13.7. The quantitative estimate of drug-likeness (QED) is 0.755. The number of nitrogens with zero attached hydrogens (tertiary/aromatic N) is 2. The SMILES string of the molecule is CN(C[C@@H]1CCCN(CCc2ccccc2F)C1)S(=O)(=O)C1CC1. The molecule has 0 radical (unpaired) electrons. The Bertz CT molecular complexity index is 661. The highest BCUT2D eigenvalue weighted by atomic mass is 32.2. The Hall–Kier alpha value is -0.980. The summed E-state index contributed by atoms with van der Waals surface area (Å²) in [7, 11) is -1.36. The van der Waals surface area contributed by atoms with Crippen molar-refractivity contribution in [3.8, 4) is 0 Å². The Balaban J connectivity index is 1.50. The predicted molar refractivity (Wildman–Crippen MR) is 93.8 cm³/mol. The van der Waals surface area contributed by atoms with E-state index < -0.39 is 10.0 Å². The fraction of sp³-hybridized carbons (Fsp3) is 0.667. The van der Waals surface area contributed by atoms with E-state index in [9.17, 15) is 12.8 Å². The summed E-state index contributed by atoms with van der Waals surface area (Å²) >= 11 is 0. The Kier molecular flexibility index (Phi) is 5.57. The van der Waals surface area contributed by atoms with E-state index in [0.29, 0.717) is 18.9 Å². The first-order valence-electron chi connectivity index (χ1n) is 8.87. The van der Waals surface area contributed by atoms with E-state index in [4.69, 9.17) is 0 Å². The molecular formula is C18H27FN2O2S. The van der Waals surface area contributed by atoms with Gasteiger partial charge in [-0.1, -0.05) is 18.2 Å². The van der Waals surface area contributed by atoms with Crippen LogP contribution in [0.15, 0.2) is 24.3 Å². The highest BCUT2D eigenvalue weighted by molar-refractivity contribution is 7.90. The number of piperidine rings is 1. The molecule has 1 aromatic rings. The molecule has 2 aliphatic rings. The first-order chi connectivity index (χ1) is 11.5. The Morgan fingerprint density at radius 1 is 1.25 bits per heavy atom. The Labute approximate surface area is 144 Å². The Morgan fingerprint density at radius 2 is 2.00 bits per heavy atom. The van der Waals surface area contributed by atoms with Crippen LogP contribution in [0.4, 0.5) is 4.39 Å². The minimum absolute atomic E-state index is 0.136. The molecule has 6 heteroatoms. The fourth-order valence-electron chi connectivity index (χ4n) is 3.57. The van der Waals surface area contributed by atoms with Crippen LogP contribution in [0.5, 0.6) is 0 Å². The maximum Gasteiger partial charge on any atom is 0.216 e. The summed E-state index contributed by atoms with van der Waals surface area (Å²) in [5.41, 5.74) is 0.757. The van der Waals surface area contributed by atoms with Gasteiger partial charge in [0.25, 0.3) is 0 Å². The predicted octanol–water partition coefficient (Wildman–Crippen LogP) is 2.50. The molecule has 0 bridgehead atoms. The van der Waals surface area contributed by atoms with Gasteiger partial charge in [-0.2, -0.15) is 0 Å². The summed E-state index contributed by atoms with van der Waals surface area (Å²) in [6.07, 6.45) is 4.48. The number of rotatable bonds is 7. The highest BCUT2D eigenvalue weighted by Crippen LogP contribution is 2.31. The van der Waals surface area contributed by atoms with Crippen LogP contribution in [0.2, 0.25) is 0 Å². The molecule has 134 valence electrons. The standard InChI is InChI=1S/C18H27FN2O2S/c1-20(24(22,23)17-8-9-17)13-15-5-4-11-21(14-15)12-10-16-6-2-3-7-18(16)19/h2-3,6-7,15,17H,4-5,8-14H2,1H3/t15-/m0/s1. The summed E-state index contributed by atoms with van der Waals surface area (Å²) in [6.45, 7) is 3.36. The van der Waals surface area contributed by atoms with Crippen LogP contribution in [-0.4, -0.2) is 56.1 Å². The average Bonchev–Trinajstić information content (AvgIpc) is 3.40. The van der Waals surface area contributed by atoms with Crippen molar-refractivity contribution >= 4 is 10.0 Å². The zero-order valence-electron chi connectivity index (χ0n) is 14.3. The van der Waals surface area contributed by atoms with Crippen molar-refractivity contribution in [3.05, 3.63) is 35.6 Å². The monoisotopic (exact) mass is 354 g/mol. The summed E-state index contributed by atoms with van der Waals surface area (Å²) < 4.78 is 39.8. The van der Waals surface area contributed by atoms with Crippen molar-refractivity contribution < 1.29 is 12.8 Å². The van der Waals surface area contributed by atoms with E-state index >= 15 is 0 Å². The van der Waals surface area contributed by atoms with Crippen molar-refractivity contribution in [2.24, 2.45) is 5.92 Å². The molecule has 1 atom stereocenters. The third kappa shape index (κ3) is 4.35. The molecule has 1 aliphatic heterocycles. The van der Waals surface area contributed by atoms with Crippen LogP contribution in [0.1, 0.15) is 31.2 Å². The minimum Gasteiger partial charge on any atom is -0.303 e. The summed E-state index contributed by atoms with van der Waals surface area (Å²) in [5.74, 6) is 0.235. The number of hydrogen-bond acceptors (Lipinski definition) is 3. The van der Waals surface area contributed by atoms with Crippen LogP contribution in [0.25, 0.3) is 0 Å². The molecule has 1 aliphatic carbocycles. The third-order valence-electron chi connectivity index (χ3n) is 5.15. The molecule has 2 fully saturated rings. The van der Waals surface area contributed by atoms with Gasteiger partial charge in [0.1, 0.15) is 5.82 Å². The van der Waals surface area contributed by atoms with Gasteiger partial charge in [-0.15, -0.1) is 0 Å². The summed E-state index contributed by atoms with van der Waals surface area (Å²) in [4.78, 5) is 2.35. The lowest BCUT2D eigenvalue weighted by Gasteiger charge is -2.34. The van der Waals surface area contributed by atoms with E-state index in [0.717, 1.165) is 50.9 Å². The second-order valence-electron chi connectivity index (χ2n) is 7.18. The lowest BCUT2D eigenvalue weighted by molar-refractivity contribution is 0.163. The van der Waals surface area contributed by atoms with Crippen LogP contribution in [0.3, 0.4) is 0 Å². The summed E-state index contributed by atoms with van der Waals surface area (Å²) in [6, 6.07) is 6.93. The number of hydrogen-bond donors (Lipinski definition) is 0. The highest BCUT2D eigenvalue weighted by Gasteiger charge is 2.39.